The molecular weight excluding hydrogens is 288 g/mol. The maximum absolute atomic E-state index is 12.1. The van der Waals surface area contributed by atoms with Crippen LogP contribution in [-0.4, -0.2) is 42.3 Å². The van der Waals surface area contributed by atoms with E-state index in [0.29, 0.717) is 12.0 Å². The molecule has 0 spiro atoms. The number of hydrogen-bond acceptors (Lipinski definition) is 3. The molecule has 1 heterocycles. The van der Waals surface area contributed by atoms with Gasteiger partial charge in [-0.25, -0.2) is 4.79 Å². The van der Waals surface area contributed by atoms with Crippen molar-refractivity contribution < 1.29 is 9.53 Å². The molecule has 2 rings (SSSR count). The highest BCUT2D eigenvalue weighted by atomic mass is 16.6. The van der Waals surface area contributed by atoms with Gasteiger partial charge in [0.25, 0.3) is 0 Å². The Kier molecular flexibility index (Phi) is 6.75. The summed E-state index contributed by atoms with van der Waals surface area (Å²) < 4.78 is 5.46. The third kappa shape index (κ3) is 6.33. The second kappa shape index (κ2) is 8.36. The Labute approximate surface area is 142 Å². The van der Waals surface area contributed by atoms with Crippen LogP contribution in [0.15, 0.2) is 0 Å². The van der Waals surface area contributed by atoms with Crippen molar-refractivity contribution in [2.24, 2.45) is 11.8 Å². The number of amides is 1. The maximum atomic E-state index is 12.1. The maximum Gasteiger partial charge on any atom is 0.410 e. The highest BCUT2D eigenvalue weighted by molar-refractivity contribution is 5.68. The van der Waals surface area contributed by atoms with Gasteiger partial charge in [0.2, 0.25) is 0 Å². The van der Waals surface area contributed by atoms with Gasteiger partial charge in [-0.3, -0.25) is 0 Å². The van der Waals surface area contributed by atoms with E-state index in [0.717, 1.165) is 38.4 Å². The van der Waals surface area contributed by atoms with Crippen LogP contribution in [0.1, 0.15) is 72.6 Å². The van der Waals surface area contributed by atoms with Gasteiger partial charge in [-0.15, -0.1) is 0 Å². The third-order valence-electron chi connectivity index (χ3n) is 5.35. The van der Waals surface area contributed by atoms with Gasteiger partial charge in [0.1, 0.15) is 5.60 Å². The highest BCUT2D eigenvalue weighted by Gasteiger charge is 2.27. The smallest absolute Gasteiger partial charge is 0.410 e. The summed E-state index contributed by atoms with van der Waals surface area (Å²) in [6.45, 7) is 10.9. The lowest BCUT2D eigenvalue weighted by molar-refractivity contribution is 0.0182. The molecule has 134 valence electrons. The van der Waals surface area contributed by atoms with Crippen LogP contribution in [0.5, 0.6) is 0 Å². The zero-order chi connectivity index (χ0) is 16.9. The molecule has 23 heavy (non-hydrogen) atoms. The number of hydrogen-bond donors (Lipinski definition) is 1. The number of nitrogens with one attached hydrogen (secondary N) is 1. The van der Waals surface area contributed by atoms with Gasteiger partial charge in [-0.05, 0) is 71.8 Å². The molecule has 1 saturated heterocycles. The SMILES string of the molecule is C[C@@H](NCC1CCN(C(=O)OC(C)(C)C)CC1)C1CCCCC1. The van der Waals surface area contributed by atoms with Crippen LogP contribution in [-0.2, 0) is 4.74 Å². The van der Waals surface area contributed by atoms with Crippen LogP contribution in [0.25, 0.3) is 0 Å². The first-order valence-electron chi connectivity index (χ1n) is 9.56. The second-order valence-electron chi connectivity index (χ2n) is 8.51. The Morgan fingerprint density at radius 1 is 1.13 bits per heavy atom. The molecule has 0 bridgehead atoms. The van der Waals surface area contributed by atoms with Crippen molar-refractivity contribution in [1.82, 2.24) is 10.2 Å². The molecule has 0 aromatic heterocycles. The molecule has 1 aliphatic carbocycles. The van der Waals surface area contributed by atoms with Gasteiger partial charge in [-0.2, -0.15) is 0 Å². The minimum absolute atomic E-state index is 0.153. The Morgan fingerprint density at radius 2 is 1.74 bits per heavy atom. The molecule has 1 saturated carbocycles. The standard InChI is InChI=1S/C19H36N2O2/c1-15(17-8-6-5-7-9-17)20-14-16-10-12-21(13-11-16)18(22)23-19(2,3)4/h15-17,20H,5-14H2,1-4H3/t15-/m1/s1. The second-order valence-corrected chi connectivity index (χ2v) is 8.51. The number of nitrogens with zero attached hydrogens (tertiary/aromatic N) is 1. The summed E-state index contributed by atoms with van der Waals surface area (Å²) in [7, 11) is 0. The summed E-state index contributed by atoms with van der Waals surface area (Å²) in [5, 5.41) is 3.77. The van der Waals surface area contributed by atoms with Crippen LogP contribution in [0.4, 0.5) is 4.79 Å². The summed E-state index contributed by atoms with van der Waals surface area (Å²) >= 11 is 0. The quantitative estimate of drug-likeness (QED) is 0.843. The van der Waals surface area contributed by atoms with Gasteiger partial charge in [-0.1, -0.05) is 19.3 Å². The van der Waals surface area contributed by atoms with Crippen molar-refractivity contribution in [3.8, 4) is 0 Å². The molecular formula is C19H36N2O2. The number of ether oxygens (including phenoxy) is 1. The van der Waals surface area contributed by atoms with Crippen molar-refractivity contribution in [3.05, 3.63) is 0 Å². The summed E-state index contributed by atoms with van der Waals surface area (Å²) in [6.07, 6.45) is 9.05. The minimum Gasteiger partial charge on any atom is -0.444 e. The van der Waals surface area contributed by atoms with Crippen LogP contribution in [0.3, 0.4) is 0 Å². The number of piperidine rings is 1. The van der Waals surface area contributed by atoms with E-state index in [-0.39, 0.29) is 6.09 Å². The van der Waals surface area contributed by atoms with Crippen molar-refractivity contribution >= 4 is 6.09 Å². The molecule has 4 heteroatoms. The molecule has 0 aromatic carbocycles. The Hall–Kier alpha value is -0.770. The van der Waals surface area contributed by atoms with E-state index in [2.05, 4.69) is 12.2 Å². The third-order valence-corrected chi connectivity index (χ3v) is 5.35. The molecule has 0 unspecified atom stereocenters. The summed E-state index contributed by atoms with van der Waals surface area (Å²) in [6, 6.07) is 0.638. The number of rotatable bonds is 4. The van der Waals surface area contributed by atoms with E-state index < -0.39 is 5.60 Å². The number of carbonyl (C=O) groups excluding carboxylic acids is 1. The first-order valence-corrected chi connectivity index (χ1v) is 9.56. The average Bonchev–Trinajstić information content (AvgIpc) is 2.52. The summed E-state index contributed by atoms with van der Waals surface area (Å²) in [5.41, 5.74) is -0.398. The van der Waals surface area contributed by atoms with Crippen LogP contribution >= 0.6 is 0 Å². The van der Waals surface area contributed by atoms with Gasteiger partial charge >= 0.3 is 6.09 Å². The Morgan fingerprint density at radius 3 is 2.30 bits per heavy atom. The molecule has 2 fully saturated rings. The van der Waals surface area contributed by atoms with Crippen molar-refractivity contribution in [2.45, 2.75) is 84.3 Å². The van der Waals surface area contributed by atoms with E-state index in [1.54, 1.807) is 0 Å². The molecule has 0 aromatic rings. The van der Waals surface area contributed by atoms with E-state index in [9.17, 15) is 4.79 Å². The number of carbonyl (C=O) groups is 1. The first-order chi connectivity index (χ1) is 10.8. The van der Waals surface area contributed by atoms with Crippen LogP contribution in [0.2, 0.25) is 0 Å². The largest absolute Gasteiger partial charge is 0.444 e. The van der Waals surface area contributed by atoms with E-state index >= 15 is 0 Å². The van der Waals surface area contributed by atoms with E-state index in [4.69, 9.17) is 4.74 Å². The Balaban J connectivity index is 1.65. The molecule has 2 aliphatic rings. The molecule has 1 amide bonds. The summed E-state index contributed by atoms with van der Waals surface area (Å²) in [4.78, 5) is 13.9. The van der Waals surface area contributed by atoms with Crippen LogP contribution in [0, 0.1) is 11.8 Å². The molecule has 4 nitrogen and oxygen atoms in total. The Bertz CT molecular complexity index is 364. The predicted octanol–water partition coefficient (Wildman–Crippen LogP) is 4.19. The lowest BCUT2D eigenvalue weighted by atomic mass is 9.84. The molecule has 1 N–H and O–H groups in total. The lowest BCUT2D eigenvalue weighted by Crippen LogP contribution is -2.44. The normalized spacial score (nSPS) is 22.9. The predicted molar refractivity (Wildman–Crippen MR) is 94.6 cm³/mol. The molecule has 1 aliphatic heterocycles. The van der Waals surface area contributed by atoms with Crippen molar-refractivity contribution in [3.63, 3.8) is 0 Å². The summed E-state index contributed by atoms with van der Waals surface area (Å²) in [5.74, 6) is 1.56. The monoisotopic (exact) mass is 324 g/mol. The van der Waals surface area contributed by atoms with Crippen LogP contribution < -0.4 is 5.32 Å². The van der Waals surface area contributed by atoms with E-state index in [1.165, 1.54) is 32.1 Å². The van der Waals surface area contributed by atoms with Crippen molar-refractivity contribution in [1.29, 1.82) is 0 Å². The van der Waals surface area contributed by atoms with Gasteiger partial charge in [0, 0.05) is 19.1 Å². The minimum atomic E-state index is -0.398. The highest BCUT2D eigenvalue weighted by Crippen LogP contribution is 2.27. The fraction of sp³-hybridized carbons (Fsp3) is 0.947. The van der Waals surface area contributed by atoms with Gasteiger partial charge in [0.15, 0.2) is 0 Å². The fourth-order valence-electron chi connectivity index (χ4n) is 3.80. The average molecular weight is 325 g/mol. The van der Waals surface area contributed by atoms with Crippen molar-refractivity contribution in [2.75, 3.05) is 19.6 Å². The van der Waals surface area contributed by atoms with E-state index in [1.807, 2.05) is 25.7 Å². The molecule has 0 radical (unpaired) electrons. The lowest BCUT2D eigenvalue weighted by Gasteiger charge is -2.35. The fourth-order valence-corrected chi connectivity index (χ4v) is 3.80. The van der Waals surface area contributed by atoms with Gasteiger partial charge < -0.3 is 15.0 Å². The topological polar surface area (TPSA) is 41.6 Å². The van der Waals surface area contributed by atoms with Gasteiger partial charge in [0.05, 0.1) is 0 Å². The molecule has 1 atom stereocenters. The first kappa shape index (κ1) is 18.6. The zero-order valence-electron chi connectivity index (χ0n) is 15.6. The zero-order valence-corrected chi connectivity index (χ0v) is 15.6. The number of likely N-dealkylation sites (tertiary alicyclic amines) is 1.